The molecule has 1 aliphatic rings. The second-order valence-corrected chi connectivity index (χ2v) is 7.89. The van der Waals surface area contributed by atoms with E-state index in [-0.39, 0.29) is 36.7 Å². The van der Waals surface area contributed by atoms with Crippen molar-refractivity contribution in [3.8, 4) is 10.8 Å². The summed E-state index contributed by atoms with van der Waals surface area (Å²) in [5, 5.41) is 11.0. The van der Waals surface area contributed by atoms with E-state index < -0.39 is 36.4 Å². The molecule has 1 aliphatic heterocycles. The van der Waals surface area contributed by atoms with Crippen LogP contribution in [0.2, 0.25) is 0 Å². The van der Waals surface area contributed by atoms with E-state index in [2.05, 4.69) is 15.7 Å². The number of carbonyl (C=O) groups excluding carboxylic acids is 3. The lowest BCUT2D eigenvalue weighted by atomic mass is 10.0. The van der Waals surface area contributed by atoms with Gasteiger partial charge in [-0.25, -0.2) is 14.4 Å². The van der Waals surface area contributed by atoms with Crippen LogP contribution in [-0.2, 0) is 25.6 Å². The molecule has 0 spiro atoms. The molecule has 0 radical (unpaired) electrons. The lowest BCUT2D eigenvalue weighted by Crippen LogP contribution is -2.47. The molecule has 4 rings (SSSR count). The third kappa shape index (κ3) is 5.09. The van der Waals surface area contributed by atoms with Crippen molar-refractivity contribution < 1.29 is 32.7 Å². The Balaban J connectivity index is 1.44. The second-order valence-electron chi connectivity index (χ2n) is 6.94. The van der Waals surface area contributed by atoms with E-state index in [0.717, 1.165) is 4.68 Å². The molecule has 0 saturated heterocycles. The topological polar surface area (TPSA) is 155 Å². The fourth-order valence-corrected chi connectivity index (χ4v) is 3.86. The lowest BCUT2D eigenvalue weighted by molar-refractivity contribution is -0.144. The van der Waals surface area contributed by atoms with E-state index in [1.165, 1.54) is 17.6 Å². The quantitative estimate of drug-likeness (QED) is 0.430. The van der Waals surface area contributed by atoms with Crippen molar-refractivity contribution >= 4 is 29.3 Å². The fourth-order valence-electron chi connectivity index (χ4n) is 3.22. The Morgan fingerprint density at radius 3 is 2.79 bits per heavy atom. The largest absolute Gasteiger partial charge is 0.467 e. The number of urea groups is 1. The van der Waals surface area contributed by atoms with Crippen LogP contribution in [0.4, 0.5) is 4.79 Å². The van der Waals surface area contributed by atoms with Gasteiger partial charge in [0.15, 0.2) is 0 Å². The molecule has 2 N–H and O–H groups in total. The SMILES string of the molecule is CCOC(=O)C1=C(COC(=O)CCn2nc(-c3cccs3)oc2=O)NC(=O)NC1c1ccco1. The molecular weight excluding hydrogens is 468 g/mol. The minimum atomic E-state index is -0.916. The van der Waals surface area contributed by atoms with Crippen molar-refractivity contribution in [1.29, 1.82) is 0 Å². The average molecular weight is 488 g/mol. The molecule has 1 unspecified atom stereocenters. The molecule has 0 bridgehead atoms. The van der Waals surface area contributed by atoms with Gasteiger partial charge >= 0.3 is 23.7 Å². The van der Waals surface area contributed by atoms with Gasteiger partial charge in [-0.05, 0) is 30.5 Å². The zero-order valence-corrected chi connectivity index (χ0v) is 18.8. The maximum Gasteiger partial charge on any atom is 0.437 e. The number of thiophene rings is 1. The van der Waals surface area contributed by atoms with Crippen LogP contribution in [0, 0.1) is 0 Å². The molecule has 0 aromatic carbocycles. The first-order valence-corrected chi connectivity index (χ1v) is 11.1. The summed E-state index contributed by atoms with van der Waals surface area (Å²) in [6.07, 6.45) is 1.22. The molecule has 0 aliphatic carbocycles. The monoisotopic (exact) mass is 488 g/mol. The summed E-state index contributed by atoms with van der Waals surface area (Å²) < 4.78 is 21.8. The first kappa shape index (κ1) is 23.0. The van der Waals surface area contributed by atoms with Crippen molar-refractivity contribution in [3.05, 3.63) is 63.5 Å². The summed E-state index contributed by atoms with van der Waals surface area (Å²) in [7, 11) is 0. The van der Waals surface area contributed by atoms with Crippen LogP contribution in [0.25, 0.3) is 10.8 Å². The first-order valence-electron chi connectivity index (χ1n) is 10.2. The van der Waals surface area contributed by atoms with Gasteiger partial charge in [-0.1, -0.05) is 6.07 Å². The van der Waals surface area contributed by atoms with Gasteiger partial charge in [-0.15, -0.1) is 16.4 Å². The highest BCUT2D eigenvalue weighted by Crippen LogP contribution is 2.28. The van der Waals surface area contributed by atoms with Crippen molar-refractivity contribution in [2.24, 2.45) is 0 Å². The molecule has 3 aromatic rings. The molecule has 12 nitrogen and oxygen atoms in total. The molecule has 0 fully saturated rings. The van der Waals surface area contributed by atoms with E-state index >= 15 is 0 Å². The summed E-state index contributed by atoms with van der Waals surface area (Å²) in [4.78, 5) is 49.7. The third-order valence-corrected chi connectivity index (χ3v) is 5.58. The number of nitrogens with zero attached hydrogens (tertiary/aromatic N) is 2. The molecule has 3 aromatic heterocycles. The molecule has 2 amide bonds. The summed E-state index contributed by atoms with van der Waals surface area (Å²) in [5.74, 6) is -1.59. The molecule has 0 saturated carbocycles. The van der Waals surface area contributed by atoms with Crippen molar-refractivity contribution in [3.63, 3.8) is 0 Å². The van der Waals surface area contributed by atoms with Crippen molar-refractivity contribution in [2.45, 2.75) is 25.9 Å². The molecular formula is C21H20N4O8S. The predicted molar refractivity (Wildman–Crippen MR) is 116 cm³/mol. The second kappa shape index (κ2) is 10.2. The average Bonchev–Trinajstić information content (AvgIpc) is 3.58. The predicted octanol–water partition coefficient (Wildman–Crippen LogP) is 1.96. The van der Waals surface area contributed by atoms with Gasteiger partial charge in [0.25, 0.3) is 5.89 Å². The highest BCUT2D eigenvalue weighted by atomic mass is 32.1. The number of rotatable bonds is 9. The highest BCUT2D eigenvalue weighted by molar-refractivity contribution is 7.13. The van der Waals surface area contributed by atoms with Gasteiger partial charge in [0.1, 0.15) is 18.4 Å². The van der Waals surface area contributed by atoms with E-state index in [9.17, 15) is 19.2 Å². The Kier molecular flexibility index (Phi) is 6.92. The molecule has 1 atom stereocenters. The fraction of sp³-hybridized carbons (Fsp3) is 0.286. The van der Waals surface area contributed by atoms with Crippen LogP contribution in [0.1, 0.15) is 25.1 Å². The van der Waals surface area contributed by atoms with E-state index in [0.29, 0.717) is 10.6 Å². The number of amides is 2. The summed E-state index contributed by atoms with van der Waals surface area (Å²) in [6, 6.07) is 5.25. The summed E-state index contributed by atoms with van der Waals surface area (Å²) in [6.45, 7) is 1.28. The molecule has 34 heavy (non-hydrogen) atoms. The minimum Gasteiger partial charge on any atom is -0.467 e. The number of furan rings is 1. The number of hydrogen-bond donors (Lipinski definition) is 2. The highest BCUT2D eigenvalue weighted by Gasteiger charge is 2.35. The van der Waals surface area contributed by atoms with Crippen LogP contribution < -0.4 is 16.4 Å². The smallest absolute Gasteiger partial charge is 0.437 e. The van der Waals surface area contributed by atoms with Crippen LogP contribution in [0.5, 0.6) is 0 Å². The zero-order valence-electron chi connectivity index (χ0n) is 17.9. The minimum absolute atomic E-state index is 0.0533. The number of aryl methyl sites for hydroxylation is 1. The van der Waals surface area contributed by atoms with Gasteiger partial charge in [-0.3, -0.25) is 4.79 Å². The van der Waals surface area contributed by atoms with Crippen LogP contribution in [-0.4, -0.2) is 41.0 Å². The van der Waals surface area contributed by atoms with Crippen LogP contribution >= 0.6 is 11.3 Å². The normalized spacial score (nSPS) is 15.6. The van der Waals surface area contributed by atoms with E-state index in [1.54, 1.807) is 31.2 Å². The van der Waals surface area contributed by atoms with Gasteiger partial charge in [-0.2, -0.15) is 4.68 Å². The number of esters is 2. The molecule has 178 valence electrons. The Morgan fingerprint density at radius 2 is 2.09 bits per heavy atom. The molecule has 13 heteroatoms. The standard InChI is InChI=1S/C21H20N4O8S/c1-2-30-19(27)16-12(22-20(28)23-17(16)13-5-3-9-31-13)11-32-15(26)7-8-25-21(29)33-18(24-25)14-6-4-10-34-14/h3-6,9-10,17H,2,7-8,11H2,1H3,(H2,22,23,28). The number of aromatic nitrogens is 2. The van der Waals surface area contributed by atoms with Gasteiger partial charge in [0, 0.05) is 0 Å². The maximum atomic E-state index is 12.6. The summed E-state index contributed by atoms with van der Waals surface area (Å²) >= 11 is 1.36. The van der Waals surface area contributed by atoms with E-state index in [1.807, 2.05) is 5.38 Å². The van der Waals surface area contributed by atoms with Crippen molar-refractivity contribution in [1.82, 2.24) is 20.4 Å². The molecule has 4 heterocycles. The third-order valence-electron chi connectivity index (χ3n) is 4.72. The number of carbonyl (C=O) groups is 3. The van der Waals surface area contributed by atoms with Gasteiger partial charge < -0.3 is 28.9 Å². The number of nitrogens with one attached hydrogen (secondary N) is 2. The number of hydrogen-bond acceptors (Lipinski definition) is 10. The maximum absolute atomic E-state index is 12.6. The van der Waals surface area contributed by atoms with Gasteiger partial charge in [0.2, 0.25) is 0 Å². The zero-order chi connectivity index (χ0) is 24.1. The Bertz CT molecular complexity index is 1260. The van der Waals surface area contributed by atoms with Gasteiger partial charge in [0.05, 0.1) is 42.0 Å². The van der Waals surface area contributed by atoms with E-state index in [4.69, 9.17) is 18.3 Å². The van der Waals surface area contributed by atoms with Crippen LogP contribution in [0.15, 0.2) is 60.8 Å². The first-order chi connectivity index (χ1) is 16.5. The Labute approximate surface area is 196 Å². The number of ether oxygens (including phenoxy) is 2. The van der Waals surface area contributed by atoms with Crippen LogP contribution in [0.3, 0.4) is 0 Å². The summed E-state index contributed by atoms with van der Waals surface area (Å²) in [5.41, 5.74) is 0.119. The Hall–Kier alpha value is -4.13. The van der Waals surface area contributed by atoms with Crippen molar-refractivity contribution in [2.75, 3.05) is 13.2 Å². The lowest BCUT2D eigenvalue weighted by Gasteiger charge is -2.27. The Morgan fingerprint density at radius 1 is 1.24 bits per heavy atom.